The van der Waals surface area contributed by atoms with Crippen LogP contribution in [0.25, 0.3) is 0 Å². The van der Waals surface area contributed by atoms with Gasteiger partial charge in [-0.1, -0.05) is 36.8 Å². The third-order valence-corrected chi connectivity index (χ3v) is 3.40. The standard InChI is InChI=1S/C16H25N3.HI/c1-4-17-16(19-15-8-9-15)18-11-13(3)14-7-5-6-12(2)10-14;/h5-7,10,13,15H,4,8-9,11H2,1-3H3,(H2,17,18,19);1H. The Morgan fingerprint density at radius 2 is 2.15 bits per heavy atom. The predicted octanol–water partition coefficient (Wildman–Crippen LogP) is 3.43. The number of benzene rings is 1. The molecule has 2 rings (SSSR count). The lowest BCUT2D eigenvalue weighted by Crippen LogP contribution is -2.38. The number of halogens is 1. The van der Waals surface area contributed by atoms with Gasteiger partial charge in [0.05, 0.1) is 0 Å². The van der Waals surface area contributed by atoms with E-state index in [2.05, 4.69) is 55.7 Å². The number of aliphatic imine (C=N–C) groups is 1. The smallest absolute Gasteiger partial charge is 0.191 e. The summed E-state index contributed by atoms with van der Waals surface area (Å²) in [6.07, 6.45) is 2.55. The summed E-state index contributed by atoms with van der Waals surface area (Å²) in [6.45, 7) is 8.22. The fourth-order valence-corrected chi connectivity index (χ4v) is 2.05. The molecule has 1 aromatic rings. The summed E-state index contributed by atoms with van der Waals surface area (Å²) in [5.74, 6) is 1.42. The van der Waals surface area contributed by atoms with Crippen LogP contribution in [-0.2, 0) is 0 Å². The average Bonchev–Trinajstić information content (AvgIpc) is 3.20. The zero-order valence-electron chi connectivity index (χ0n) is 12.6. The lowest BCUT2D eigenvalue weighted by atomic mass is 10.00. The van der Waals surface area contributed by atoms with Crippen molar-refractivity contribution in [3.8, 4) is 0 Å². The maximum atomic E-state index is 4.69. The van der Waals surface area contributed by atoms with Gasteiger partial charge in [-0.2, -0.15) is 0 Å². The highest BCUT2D eigenvalue weighted by molar-refractivity contribution is 14.0. The zero-order chi connectivity index (χ0) is 13.7. The minimum Gasteiger partial charge on any atom is -0.357 e. The van der Waals surface area contributed by atoms with Crippen LogP contribution in [0, 0.1) is 6.92 Å². The molecule has 20 heavy (non-hydrogen) atoms. The molecule has 1 unspecified atom stereocenters. The van der Waals surface area contributed by atoms with Crippen LogP contribution >= 0.6 is 24.0 Å². The minimum absolute atomic E-state index is 0. The molecule has 1 aliphatic rings. The van der Waals surface area contributed by atoms with Gasteiger partial charge in [0.25, 0.3) is 0 Å². The summed E-state index contributed by atoms with van der Waals surface area (Å²) in [6, 6.07) is 9.35. The number of nitrogens with one attached hydrogen (secondary N) is 2. The predicted molar refractivity (Wildman–Crippen MR) is 97.1 cm³/mol. The lowest BCUT2D eigenvalue weighted by molar-refractivity contribution is 0.747. The van der Waals surface area contributed by atoms with Crippen LogP contribution in [-0.4, -0.2) is 25.1 Å². The van der Waals surface area contributed by atoms with Gasteiger partial charge in [0.2, 0.25) is 0 Å². The van der Waals surface area contributed by atoms with E-state index in [9.17, 15) is 0 Å². The van der Waals surface area contributed by atoms with E-state index in [1.807, 2.05) is 0 Å². The molecule has 0 heterocycles. The number of aryl methyl sites for hydroxylation is 1. The first-order valence-corrected chi connectivity index (χ1v) is 7.30. The molecule has 2 N–H and O–H groups in total. The van der Waals surface area contributed by atoms with Crippen LogP contribution in [0.4, 0.5) is 0 Å². The summed E-state index contributed by atoms with van der Waals surface area (Å²) < 4.78 is 0. The molecule has 1 fully saturated rings. The van der Waals surface area contributed by atoms with Crippen LogP contribution in [0.5, 0.6) is 0 Å². The van der Waals surface area contributed by atoms with Crippen LogP contribution in [0.15, 0.2) is 29.3 Å². The van der Waals surface area contributed by atoms with Gasteiger partial charge in [-0.05, 0) is 32.3 Å². The Morgan fingerprint density at radius 3 is 2.75 bits per heavy atom. The van der Waals surface area contributed by atoms with Crippen molar-refractivity contribution in [3.05, 3.63) is 35.4 Å². The van der Waals surface area contributed by atoms with Crippen molar-refractivity contribution in [1.82, 2.24) is 10.6 Å². The fraction of sp³-hybridized carbons (Fsp3) is 0.562. The van der Waals surface area contributed by atoms with Crippen molar-refractivity contribution in [2.24, 2.45) is 4.99 Å². The second kappa shape index (κ2) is 8.49. The molecule has 0 aliphatic heterocycles. The van der Waals surface area contributed by atoms with E-state index in [0.717, 1.165) is 19.0 Å². The molecule has 0 aromatic heterocycles. The van der Waals surface area contributed by atoms with Crippen molar-refractivity contribution in [2.45, 2.75) is 45.6 Å². The molecule has 0 spiro atoms. The van der Waals surface area contributed by atoms with Gasteiger partial charge in [-0.25, -0.2) is 0 Å². The van der Waals surface area contributed by atoms with Crippen LogP contribution in [0.2, 0.25) is 0 Å². The second-order valence-electron chi connectivity index (χ2n) is 5.45. The monoisotopic (exact) mass is 387 g/mol. The normalized spacial score (nSPS) is 16.2. The highest BCUT2D eigenvalue weighted by atomic mass is 127. The maximum Gasteiger partial charge on any atom is 0.191 e. The fourth-order valence-electron chi connectivity index (χ4n) is 2.05. The van der Waals surface area contributed by atoms with Gasteiger partial charge in [0.15, 0.2) is 5.96 Å². The molecule has 112 valence electrons. The largest absolute Gasteiger partial charge is 0.357 e. The Balaban J connectivity index is 0.00000200. The second-order valence-corrected chi connectivity index (χ2v) is 5.45. The SMILES string of the molecule is CCNC(=NCC(C)c1cccc(C)c1)NC1CC1.I. The highest BCUT2D eigenvalue weighted by Crippen LogP contribution is 2.19. The molecular weight excluding hydrogens is 361 g/mol. The zero-order valence-corrected chi connectivity index (χ0v) is 15.0. The summed E-state index contributed by atoms with van der Waals surface area (Å²) in [5.41, 5.74) is 2.68. The first kappa shape index (κ1) is 17.3. The molecule has 0 saturated heterocycles. The van der Waals surface area contributed by atoms with E-state index in [4.69, 9.17) is 4.99 Å². The lowest BCUT2D eigenvalue weighted by Gasteiger charge is -2.13. The molecule has 1 aliphatic carbocycles. The number of nitrogens with zero attached hydrogens (tertiary/aromatic N) is 1. The molecule has 0 amide bonds. The molecule has 1 saturated carbocycles. The van der Waals surface area contributed by atoms with E-state index in [1.165, 1.54) is 24.0 Å². The molecule has 0 radical (unpaired) electrons. The first-order valence-electron chi connectivity index (χ1n) is 7.30. The average molecular weight is 387 g/mol. The summed E-state index contributed by atoms with van der Waals surface area (Å²) >= 11 is 0. The Hall–Kier alpha value is -0.780. The van der Waals surface area contributed by atoms with Crippen LogP contribution < -0.4 is 10.6 Å². The van der Waals surface area contributed by atoms with Crippen molar-refractivity contribution in [3.63, 3.8) is 0 Å². The number of hydrogen-bond acceptors (Lipinski definition) is 1. The third kappa shape index (κ3) is 5.69. The third-order valence-electron chi connectivity index (χ3n) is 3.40. The molecular formula is C16H26IN3. The van der Waals surface area contributed by atoms with Gasteiger partial charge in [-0.3, -0.25) is 4.99 Å². The quantitative estimate of drug-likeness (QED) is 0.462. The molecule has 1 aromatic carbocycles. The van der Waals surface area contributed by atoms with Crippen molar-refractivity contribution < 1.29 is 0 Å². The Morgan fingerprint density at radius 1 is 1.40 bits per heavy atom. The van der Waals surface area contributed by atoms with E-state index in [0.29, 0.717) is 12.0 Å². The summed E-state index contributed by atoms with van der Waals surface area (Å²) in [7, 11) is 0. The summed E-state index contributed by atoms with van der Waals surface area (Å²) in [5, 5.41) is 6.76. The van der Waals surface area contributed by atoms with Gasteiger partial charge >= 0.3 is 0 Å². The van der Waals surface area contributed by atoms with E-state index in [-0.39, 0.29) is 24.0 Å². The topological polar surface area (TPSA) is 36.4 Å². The van der Waals surface area contributed by atoms with Gasteiger partial charge in [0.1, 0.15) is 0 Å². The minimum atomic E-state index is 0. The van der Waals surface area contributed by atoms with Crippen molar-refractivity contribution in [2.75, 3.05) is 13.1 Å². The molecule has 4 heteroatoms. The molecule has 1 atom stereocenters. The van der Waals surface area contributed by atoms with Gasteiger partial charge in [0, 0.05) is 25.0 Å². The molecule has 0 bridgehead atoms. The van der Waals surface area contributed by atoms with Crippen molar-refractivity contribution >= 4 is 29.9 Å². The first-order chi connectivity index (χ1) is 9.19. The highest BCUT2D eigenvalue weighted by Gasteiger charge is 2.22. The van der Waals surface area contributed by atoms with Gasteiger partial charge in [-0.15, -0.1) is 24.0 Å². The van der Waals surface area contributed by atoms with Crippen LogP contribution in [0.3, 0.4) is 0 Å². The number of hydrogen-bond donors (Lipinski definition) is 2. The Kier molecular flexibility index (Phi) is 7.34. The van der Waals surface area contributed by atoms with E-state index >= 15 is 0 Å². The van der Waals surface area contributed by atoms with E-state index in [1.54, 1.807) is 0 Å². The molecule has 3 nitrogen and oxygen atoms in total. The van der Waals surface area contributed by atoms with Gasteiger partial charge < -0.3 is 10.6 Å². The number of rotatable bonds is 5. The Bertz CT molecular complexity index is 441. The van der Waals surface area contributed by atoms with Crippen molar-refractivity contribution in [1.29, 1.82) is 0 Å². The van der Waals surface area contributed by atoms with E-state index < -0.39 is 0 Å². The number of guanidine groups is 1. The van der Waals surface area contributed by atoms with Crippen LogP contribution in [0.1, 0.15) is 43.7 Å². The summed E-state index contributed by atoms with van der Waals surface area (Å²) in [4.78, 5) is 4.69. The maximum absolute atomic E-state index is 4.69. The Labute approximate surface area is 139 Å².